The molecule has 0 fully saturated rings. The van der Waals surface area contributed by atoms with Gasteiger partial charge in [0, 0.05) is 16.6 Å². The highest BCUT2D eigenvalue weighted by Gasteiger charge is 2.26. The van der Waals surface area contributed by atoms with Gasteiger partial charge in [-0.2, -0.15) is 4.98 Å². The molecular weight excluding hydrogens is 410 g/mol. The van der Waals surface area contributed by atoms with Gasteiger partial charge >= 0.3 is 11.6 Å². The second-order valence-corrected chi connectivity index (χ2v) is 6.47. The number of rotatable bonds is 6. The molecule has 150 valence electrons. The number of halogens is 1. The maximum absolute atomic E-state index is 11.8. The van der Waals surface area contributed by atoms with Crippen LogP contribution < -0.4 is 14.8 Å². The Morgan fingerprint density at radius 1 is 1.07 bits per heavy atom. The number of ether oxygens (including phenoxy) is 2. The fraction of sp³-hybridized carbons (Fsp3) is 0.0500. The predicted molar refractivity (Wildman–Crippen MR) is 112 cm³/mol. The van der Waals surface area contributed by atoms with Crippen LogP contribution in [0.5, 0.6) is 17.4 Å². The SMILES string of the molecule is COc1ccc(Cl)cc1Nc1ncnc(Oc2cccc3cccnc23)c1[N+](=O)[O-]. The molecular formula is C20H14ClN5O4. The van der Waals surface area contributed by atoms with Gasteiger partial charge in [0.2, 0.25) is 5.82 Å². The van der Waals surface area contributed by atoms with E-state index in [4.69, 9.17) is 21.1 Å². The van der Waals surface area contributed by atoms with Gasteiger partial charge in [-0.1, -0.05) is 29.8 Å². The third-order valence-corrected chi connectivity index (χ3v) is 4.42. The highest BCUT2D eigenvalue weighted by atomic mass is 35.5. The molecule has 0 amide bonds. The molecule has 0 aliphatic heterocycles. The molecule has 0 saturated carbocycles. The number of hydrogen-bond donors (Lipinski definition) is 1. The van der Waals surface area contributed by atoms with E-state index in [1.54, 1.807) is 42.6 Å². The minimum atomic E-state index is -0.618. The summed E-state index contributed by atoms with van der Waals surface area (Å²) in [4.78, 5) is 23.5. The lowest BCUT2D eigenvalue weighted by atomic mass is 10.2. The molecule has 30 heavy (non-hydrogen) atoms. The molecule has 0 aliphatic carbocycles. The number of fused-ring (bicyclic) bond motifs is 1. The van der Waals surface area contributed by atoms with Crippen molar-refractivity contribution in [1.29, 1.82) is 0 Å². The molecule has 0 spiro atoms. The zero-order chi connectivity index (χ0) is 21.1. The number of anilines is 2. The normalized spacial score (nSPS) is 10.6. The number of para-hydroxylation sites is 1. The molecule has 0 saturated heterocycles. The van der Waals surface area contributed by atoms with Crippen molar-refractivity contribution >= 4 is 39.7 Å². The fourth-order valence-corrected chi connectivity index (χ4v) is 3.03. The van der Waals surface area contributed by atoms with Crippen LogP contribution in [0, 0.1) is 10.1 Å². The summed E-state index contributed by atoms with van der Waals surface area (Å²) in [6.45, 7) is 0. The number of methoxy groups -OCH3 is 1. The summed E-state index contributed by atoms with van der Waals surface area (Å²) in [6, 6.07) is 13.8. The summed E-state index contributed by atoms with van der Waals surface area (Å²) >= 11 is 6.04. The zero-order valence-corrected chi connectivity index (χ0v) is 16.3. The van der Waals surface area contributed by atoms with Crippen LogP contribution in [-0.4, -0.2) is 27.0 Å². The minimum Gasteiger partial charge on any atom is -0.495 e. The summed E-state index contributed by atoms with van der Waals surface area (Å²) in [6.07, 6.45) is 2.78. The van der Waals surface area contributed by atoms with Crippen LogP contribution in [-0.2, 0) is 0 Å². The maximum atomic E-state index is 11.8. The highest BCUT2D eigenvalue weighted by Crippen LogP contribution is 2.39. The number of pyridine rings is 1. The summed E-state index contributed by atoms with van der Waals surface area (Å²) in [5, 5.41) is 16.0. The molecule has 0 atom stereocenters. The van der Waals surface area contributed by atoms with Crippen LogP contribution in [0.15, 0.2) is 61.1 Å². The van der Waals surface area contributed by atoms with Gasteiger partial charge in [0.05, 0.1) is 17.7 Å². The summed E-state index contributed by atoms with van der Waals surface area (Å²) < 4.78 is 11.1. The van der Waals surface area contributed by atoms with Crippen molar-refractivity contribution in [3.63, 3.8) is 0 Å². The van der Waals surface area contributed by atoms with Crippen molar-refractivity contribution in [2.75, 3.05) is 12.4 Å². The Morgan fingerprint density at radius 2 is 1.90 bits per heavy atom. The van der Waals surface area contributed by atoms with Crippen molar-refractivity contribution in [3.05, 3.63) is 76.2 Å². The third kappa shape index (κ3) is 3.78. The van der Waals surface area contributed by atoms with E-state index < -0.39 is 10.6 Å². The summed E-state index contributed by atoms with van der Waals surface area (Å²) in [7, 11) is 1.48. The largest absolute Gasteiger partial charge is 0.495 e. The van der Waals surface area contributed by atoms with E-state index in [0.29, 0.717) is 27.7 Å². The highest BCUT2D eigenvalue weighted by molar-refractivity contribution is 6.31. The van der Waals surface area contributed by atoms with Gasteiger partial charge in [0.25, 0.3) is 0 Å². The molecule has 0 radical (unpaired) electrons. The molecule has 0 aliphatic rings. The smallest absolute Gasteiger partial charge is 0.373 e. The van der Waals surface area contributed by atoms with Crippen molar-refractivity contribution < 1.29 is 14.4 Å². The predicted octanol–water partition coefficient (Wildman–Crippen LogP) is 5.13. The van der Waals surface area contributed by atoms with Crippen molar-refractivity contribution in [1.82, 2.24) is 15.0 Å². The van der Waals surface area contributed by atoms with E-state index in [1.807, 2.05) is 12.1 Å². The summed E-state index contributed by atoms with van der Waals surface area (Å²) in [5.41, 5.74) is 0.524. The van der Waals surface area contributed by atoms with E-state index in [-0.39, 0.29) is 11.7 Å². The van der Waals surface area contributed by atoms with Crippen LogP contribution >= 0.6 is 11.6 Å². The minimum absolute atomic E-state index is 0.0706. The Morgan fingerprint density at radius 3 is 2.70 bits per heavy atom. The van der Waals surface area contributed by atoms with Gasteiger partial charge in [-0.3, -0.25) is 15.1 Å². The Bertz CT molecular complexity index is 1250. The van der Waals surface area contributed by atoms with Gasteiger partial charge in [-0.15, -0.1) is 0 Å². The molecule has 0 bridgehead atoms. The number of aromatic nitrogens is 3. The number of benzene rings is 2. The van der Waals surface area contributed by atoms with Crippen molar-refractivity contribution in [2.24, 2.45) is 0 Å². The first-order valence-electron chi connectivity index (χ1n) is 8.68. The molecule has 4 rings (SSSR count). The van der Waals surface area contributed by atoms with Crippen molar-refractivity contribution in [2.45, 2.75) is 0 Å². The van der Waals surface area contributed by atoms with E-state index in [9.17, 15) is 10.1 Å². The second kappa shape index (κ2) is 8.18. The van der Waals surface area contributed by atoms with Gasteiger partial charge in [-0.25, -0.2) is 4.98 Å². The molecule has 1 N–H and O–H groups in total. The van der Waals surface area contributed by atoms with Crippen LogP contribution in [0.2, 0.25) is 5.02 Å². The average Bonchev–Trinajstić information content (AvgIpc) is 2.74. The lowest BCUT2D eigenvalue weighted by Gasteiger charge is -2.12. The van der Waals surface area contributed by atoms with E-state index in [0.717, 1.165) is 5.39 Å². The molecule has 4 aromatic rings. The number of nitrogens with one attached hydrogen (secondary N) is 1. The Kier molecular flexibility index (Phi) is 5.27. The molecule has 9 nitrogen and oxygen atoms in total. The first kappa shape index (κ1) is 19.3. The topological polar surface area (TPSA) is 112 Å². The van der Waals surface area contributed by atoms with Gasteiger partial charge in [0.15, 0.2) is 5.75 Å². The van der Waals surface area contributed by atoms with E-state index in [2.05, 4.69) is 20.3 Å². The quantitative estimate of drug-likeness (QED) is 0.335. The molecule has 2 aromatic carbocycles. The Hall–Kier alpha value is -3.98. The first-order chi connectivity index (χ1) is 14.6. The van der Waals surface area contributed by atoms with Crippen LogP contribution in [0.25, 0.3) is 10.9 Å². The lowest BCUT2D eigenvalue weighted by Crippen LogP contribution is -2.04. The van der Waals surface area contributed by atoms with Crippen molar-refractivity contribution in [3.8, 4) is 17.4 Å². The number of nitrogens with zero attached hydrogens (tertiary/aromatic N) is 4. The monoisotopic (exact) mass is 423 g/mol. The van der Waals surface area contributed by atoms with Gasteiger partial charge in [-0.05, 0) is 30.3 Å². The van der Waals surface area contributed by atoms with E-state index >= 15 is 0 Å². The summed E-state index contributed by atoms with van der Waals surface area (Å²) in [5.74, 6) is 0.477. The van der Waals surface area contributed by atoms with E-state index in [1.165, 1.54) is 13.4 Å². The van der Waals surface area contributed by atoms with Gasteiger partial charge < -0.3 is 14.8 Å². The Balaban J connectivity index is 1.77. The van der Waals surface area contributed by atoms with Crippen LogP contribution in [0.4, 0.5) is 17.2 Å². The maximum Gasteiger partial charge on any atom is 0.373 e. The fourth-order valence-electron chi connectivity index (χ4n) is 2.86. The van der Waals surface area contributed by atoms with Crippen LogP contribution in [0.1, 0.15) is 0 Å². The molecule has 0 unspecified atom stereocenters. The lowest BCUT2D eigenvalue weighted by molar-refractivity contribution is -0.385. The molecule has 2 aromatic heterocycles. The molecule has 10 heteroatoms. The van der Waals surface area contributed by atoms with Crippen LogP contribution in [0.3, 0.4) is 0 Å². The number of hydrogen-bond acceptors (Lipinski definition) is 8. The molecule has 2 heterocycles. The van der Waals surface area contributed by atoms with Gasteiger partial charge in [0.1, 0.15) is 17.6 Å². The second-order valence-electron chi connectivity index (χ2n) is 6.04. The Labute approximate surface area is 175 Å². The average molecular weight is 424 g/mol. The third-order valence-electron chi connectivity index (χ3n) is 4.19. The zero-order valence-electron chi connectivity index (χ0n) is 15.6. The number of nitro groups is 1. The first-order valence-corrected chi connectivity index (χ1v) is 9.06. The standard InChI is InChI=1S/C20H14ClN5O4/c1-29-15-8-7-13(21)10-14(15)25-19-18(26(27)28)20(24-11-23-19)30-16-6-2-4-12-5-3-9-22-17(12)16/h2-11H,1H3,(H,23,24,25).